The van der Waals surface area contributed by atoms with Crippen molar-refractivity contribution in [2.75, 3.05) is 13.1 Å². The van der Waals surface area contributed by atoms with Gasteiger partial charge in [0.1, 0.15) is 11.5 Å². The van der Waals surface area contributed by atoms with Crippen LogP contribution in [0.25, 0.3) is 0 Å². The van der Waals surface area contributed by atoms with E-state index in [1.165, 1.54) is 0 Å². The van der Waals surface area contributed by atoms with E-state index in [0.717, 1.165) is 11.5 Å². The average Bonchev–Trinajstić information content (AvgIpc) is 2.58. The van der Waals surface area contributed by atoms with Gasteiger partial charge in [-0.25, -0.2) is 0 Å². The van der Waals surface area contributed by atoms with Gasteiger partial charge in [-0.15, -0.1) is 0 Å². The number of rotatable bonds is 1. The zero-order valence-electron chi connectivity index (χ0n) is 8.39. The molecule has 76 valence electrons. The number of amides is 1. The molecule has 0 bridgehead atoms. The van der Waals surface area contributed by atoms with Crippen molar-refractivity contribution in [3.8, 4) is 0 Å². The first-order chi connectivity index (χ1) is 6.60. The van der Waals surface area contributed by atoms with E-state index < -0.39 is 0 Å². The molecule has 0 saturated carbocycles. The van der Waals surface area contributed by atoms with Gasteiger partial charge in [-0.3, -0.25) is 10.1 Å². The summed E-state index contributed by atoms with van der Waals surface area (Å²) in [5.74, 6) is 1.79. The molecule has 0 radical (unpaired) electrons. The smallest absolute Gasteiger partial charge is 0.234 e. The first-order valence-electron chi connectivity index (χ1n) is 4.69. The summed E-state index contributed by atoms with van der Waals surface area (Å²) in [6.07, 6.45) is 0. The second-order valence-electron chi connectivity index (χ2n) is 3.87. The Morgan fingerprint density at radius 2 is 2.29 bits per heavy atom. The number of nitrogens with one attached hydrogen (secondary N) is 2. The van der Waals surface area contributed by atoms with Gasteiger partial charge in [-0.2, -0.15) is 0 Å². The van der Waals surface area contributed by atoms with Crippen molar-refractivity contribution >= 4 is 5.91 Å². The van der Waals surface area contributed by atoms with Crippen LogP contribution in [0.3, 0.4) is 0 Å². The molecular formula is C10H14N2O2. The van der Waals surface area contributed by atoms with Gasteiger partial charge < -0.3 is 9.73 Å². The van der Waals surface area contributed by atoms with Gasteiger partial charge >= 0.3 is 0 Å². The second kappa shape index (κ2) is 3.13. The number of furan rings is 1. The molecule has 1 saturated heterocycles. The summed E-state index contributed by atoms with van der Waals surface area (Å²) in [7, 11) is 0. The van der Waals surface area contributed by atoms with Crippen LogP contribution in [0.2, 0.25) is 0 Å². The summed E-state index contributed by atoms with van der Waals surface area (Å²) in [6, 6.07) is 3.87. The van der Waals surface area contributed by atoms with Gasteiger partial charge in [-0.1, -0.05) is 0 Å². The second-order valence-corrected chi connectivity index (χ2v) is 3.87. The lowest BCUT2D eigenvalue weighted by Gasteiger charge is -2.33. The van der Waals surface area contributed by atoms with Gasteiger partial charge in [0, 0.05) is 6.54 Å². The third-order valence-corrected chi connectivity index (χ3v) is 2.56. The molecule has 0 aliphatic carbocycles. The lowest BCUT2D eigenvalue weighted by atomic mass is 9.97. The summed E-state index contributed by atoms with van der Waals surface area (Å²) in [5, 5.41) is 5.99. The van der Waals surface area contributed by atoms with Crippen LogP contribution < -0.4 is 10.6 Å². The van der Waals surface area contributed by atoms with Crippen LogP contribution in [0.5, 0.6) is 0 Å². The van der Waals surface area contributed by atoms with E-state index in [4.69, 9.17) is 4.42 Å². The fourth-order valence-electron chi connectivity index (χ4n) is 1.58. The monoisotopic (exact) mass is 194 g/mol. The van der Waals surface area contributed by atoms with Crippen LogP contribution in [0, 0.1) is 6.92 Å². The molecule has 4 heteroatoms. The maximum absolute atomic E-state index is 11.0. The van der Waals surface area contributed by atoms with Crippen molar-refractivity contribution in [2.45, 2.75) is 19.4 Å². The van der Waals surface area contributed by atoms with Crippen LogP contribution in [-0.4, -0.2) is 19.0 Å². The molecule has 1 amide bonds. The Kier molecular flexibility index (Phi) is 2.07. The molecule has 0 spiro atoms. The molecule has 0 aromatic carbocycles. The fourth-order valence-corrected chi connectivity index (χ4v) is 1.58. The summed E-state index contributed by atoms with van der Waals surface area (Å²) >= 11 is 0. The van der Waals surface area contributed by atoms with Crippen LogP contribution in [0.1, 0.15) is 18.4 Å². The van der Waals surface area contributed by atoms with E-state index >= 15 is 0 Å². The Hall–Kier alpha value is -1.29. The molecule has 4 nitrogen and oxygen atoms in total. The molecule has 1 aromatic rings. The standard InChI is InChI=1S/C10H14N2O2/c1-7-3-4-8(14-7)10(2)6-11-9(13)5-12-10/h3-4,12H,5-6H2,1-2H3,(H,11,13). The highest BCUT2D eigenvalue weighted by Gasteiger charge is 2.33. The molecule has 1 aromatic heterocycles. The zero-order chi connectivity index (χ0) is 10.2. The summed E-state index contributed by atoms with van der Waals surface area (Å²) < 4.78 is 5.55. The largest absolute Gasteiger partial charge is 0.464 e. The lowest BCUT2D eigenvalue weighted by Crippen LogP contribution is -2.57. The number of aryl methyl sites for hydroxylation is 1. The molecule has 14 heavy (non-hydrogen) atoms. The van der Waals surface area contributed by atoms with Crippen molar-refractivity contribution < 1.29 is 9.21 Å². The highest BCUT2D eigenvalue weighted by Crippen LogP contribution is 2.23. The first-order valence-corrected chi connectivity index (χ1v) is 4.69. The summed E-state index contributed by atoms with van der Waals surface area (Å²) in [4.78, 5) is 11.0. The zero-order valence-corrected chi connectivity index (χ0v) is 8.39. The minimum Gasteiger partial charge on any atom is -0.464 e. The predicted molar refractivity (Wildman–Crippen MR) is 51.8 cm³/mol. The van der Waals surface area contributed by atoms with Gasteiger partial charge in [0.05, 0.1) is 12.1 Å². The summed E-state index contributed by atoms with van der Waals surface area (Å²) in [6.45, 7) is 4.84. The SMILES string of the molecule is Cc1ccc(C2(C)CNC(=O)CN2)o1. The fraction of sp³-hybridized carbons (Fsp3) is 0.500. The predicted octanol–water partition coefficient (Wildman–Crippen LogP) is 0.523. The van der Waals surface area contributed by atoms with Gasteiger partial charge in [0.15, 0.2) is 0 Å². The number of carbonyl (C=O) groups excluding carboxylic acids is 1. The number of carbonyl (C=O) groups is 1. The number of hydrogen-bond acceptors (Lipinski definition) is 3. The van der Waals surface area contributed by atoms with E-state index in [-0.39, 0.29) is 11.4 Å². The topological polar surface area (TPSA) is 54.3 Å². The van der Waals surface area contributed by atoms with Crippen LogP contribution in [-0.2, 0) is 10.3 Å². The minimum atomic E-state index is -0.276. The average molecular weight is 194 g/mol. The highest BCUT2D eigenvalue weighted by atomic mass is 16.3. The third-order valence-electron chi connectivity index (χ3n) is 2.56. The molecule has 1 aliphatic rings. The maximum Gasteiger partial charge on any atom is 0.234 e. The number of hydrogen-bond donors (Lipinski definition) is 2. The van der Waals surface area contributed by atoms with Crippen molar-refractivity contribution in [2.24, 2.45) is 0 Å². The molecule has 1 unspecified atom stereocenters. The molecule has 1 aliphatic heterocycles. The normalized spacial score (nSPS) is 27.4. The Morgan fingerprint density at radius 3 is 2.79 bits per heavy atom. The van der Waals surface area contributed by atoms with Crippen molar-refractivity contribution in [3.63, 3.8) is 0 Å². The number of piperazine rings is 1. The van der Waals surface area contributed by atoms with Crippen LogP contribution >= 0.6 is 0 Å². The van der Waals surface area contributed by atoms with Crippen molar-refractivity contribution in [1.82, 2.24) is 10.6 Å². The van der Waals surface area contributed by atoms with Crippen molar-refractivity contribution in [1.29, 1.82) is 0 Å². The Balaban J connectivity index is 2.20. The van der Waals surface area contributed by atoms with Gasteiger partial charge in [0.2, 0.25) is 5.91 Å². The van der Waals surface area contributed by atoms with Gasteiger partial charge in [-0.05, 0) is 26.0 Å². The molecular weight excluding hydrogens is 180 g/mol. The lowest BCUT2D eigenvalue weighted by molar-refractivity contribution is -0.122. The molecule has 2 heterocycles. The first kappa shape index (κ1) is 9.27. The third kappa shape index (κ3) is 1.53. The molecule has 1 atom stereocenters. The van der Waals surface area contributed by atoms with Crippen molar-refractivity contribution in [3.05, 3.63) is 23.7 Å². The maximum atomic E-state index is 11.0. The van der Waals surface area contributed by atoms with Crippen LogP contribution in [0.15, 0.2) is 16.5 Å². The Bertz CT molecular complexity index is 347. The van der Waals surface area contributed by atoms with E-state index in [1.54, 1.807) is 0 Å². The van der Waals surface area contributed by atoms with E-state index in [2.05, 4.69) is 10.6 Å². The quantitative estimate of drug-likeness (QED) is 0.685. The van der Waals surface area contributed by atoms with E-state index in [1.807, 2.05) is 26.0 Å². The Morgan fingerprint density at radius 1 is 1.50 bits per heavy atom. The Labute approximate surface area is 82.7 Å². The minimum absolute atomic E-state index is 0.0331. The van der Waals surface area contributed by atoms with Gasteiger partial charge in [0.25, 0.3) is 0 Å². The van der Waals surface area contributed by atoms with E-state index in [9.17, 15) is 4.79 Å². The molecule has 1 fully saturated rings. The molecule has 2 N–H and O–H groups in total. The highest BCUT2D eigenvalue weighted by molar-refractivity contribution is 5.79. The molecule has 2 rings (SSSR count). The summed E-state index contributed by atoms with van der Waals surface area (Å²) in [5.41, 5.74) is -0.276. The van der Waals surface area contributed by atoms with Crippen LogP contribution in [0.4, 0.5) is 0 Å². The van der Waals surface area contributed by atoms with E-state index in [0.29, 0.717) is 13.1 Å².